The number of nitrogens with zero attached hydrogens (tertiary/aromatic N) is 2. The van der Waals surface area contributed by atoms with Gasteiger partial charge in [0.25, 0.3) is 0 Å². The topological polar surface area (TPSA) is 68.0 Å². The van der Waals surface area contributed by atoms with E-state index in [9.17, 15) is 4.21 Å². The first kappa shape index (κ1) is 15.8. The van der Waals surface area contributed by atoms with E-state index in [2.05, 4.69) is 14.7 Å². The van der Waals surface area contributed by atoms with E-state index in [1.54, 1.807) is 18.5 Å². The van der Waals surface area contributed by atoms with E-state index in [0.717, 1.165) is 11.0 Å². The van der Waals surface area contributed by atoms with Crippen LogP contribution in [0.15, 0.2) is 53.2 Å². The van der Waals surface area contributed by atoms with Crippen molar-refractivity contribution in [1.82, 2.24) is 14.7 Å². The molecule has 0 aliphatic rings. The number of furan rings is 1. The van der Waals surface area contributed by atoms with Crippen LogP contribution in [0.4, 0.5) is 0 Å². The van der Waals surface area contributed by atoms with Gasteiger partial charge >= 0.3 is 0 Å². The third kappa shape index (κ3) is 3.48. The van der Waals surface area contributed by atoms with Crippen LogP contribution in [-0.4, -0.2) is 18.9 Å². The second-order valence-corrected chi connectivity index (χ2v) is 8.22. The first-order valence-corrected chi connectivity index (χ1v) is 8.53. The summed E-state index contributed by atoms with van der Waals surface area (Å²) in [6, 6.07) is 11.0. The van der Waals surface area contributed by atoms with Crippen molar-refractivity contribution in [3.05, 3.63) is 60.4 Å². The van der Waals surface area contributed by atoms with Gasteiger partial charge < -0.3 is 4.42 Å². The van der Waals surface area contributed by atoms with Crippen molar-refractivity contribution in [1.29, 1.82) is 0 Å². The summed E-state index contributed by atoms with van der Waals surface area (Å²) in [5.74, 6) is 1.18. The number of aromatic nitrogens is 2. The minimum atomic E-state index is -1.28. The lowest BCUT2D eigenvalue weighted by molar-refractivity contribution is 0.495. The van der Waals surface area contributed by atoms with Crippen LogP contribution in [0.2, 0.25) is 0 Å². The Balaban J connectivity index is 2.02. The van der Waals surface area contributed by atoms with Crippen molar-refractivity contribution in [3.8, 4) is 0 Å². The molecule has 0 radical (unpaired) electrons. The van der Waals surface area contributed by atoms with Crippen LogP contribution in [0, 0.1) is 0 Å². The van der Waals surface area contributed by atoms with E-state index in [4.69, 9.17) is 4.42 Å². The average molecular weight is 329 g/mol. The van der Waals surface area contributed by atoms with Gasteiger partial charge in [-0.15, -0.1) is 0 Å². The molecule has 0 aliphatic heterocycles. The van der Waals surface area contributed by atoms with Crippen molar-refractivity contribution in [2.24, 2.45) is 0 Å². The van der Waals surface area contributed by atoms with Gasteiger partial charge in [-0.05, 0) is 39.0 Å². The lowest BCUT2D eigenvalue weighted by Gasteiger charge is -2.22. The Morgan fingerprint density at radius 1 is 1.13 bits per heavy atom. The van der Waals surface area contributed by atoms with Gasteiger partial charge in [0.2, 0.25) is 0 Å². The third-order valence-corrected chi connectivity index (χ3v) is 4.92. The Morgan fingerprint density at radius 3 is 2.48 bits per heavy atom. The Morgan fingerprint density at radius 2 is 1.83 bits per heavy atom. The highest BCUT2D eigenvalue weighted by Crippen LogP contribution is 2.27. The van der Waals surface area contributed by atoms with E-state index in [-0.39, 0.29) is 0 Å². The number of rotatable bonds is 4. The molecule has 120 valence electrons. The summed E-state index contributed by atoms with van der Waals surface area (Å²) in [5, 5.41) is 0.992. The highest BCUT2D eigenvalue weighted by atomic mass is 32.2. The summed E-state index contributed by atoms with van der Waals surface area (Å²) in [6.07, 6.45) is 3.33. The normalized spacial score (nSPS) is 14.7. The van der Waals surface area contributed by atoms with Crippen LogP contribution in [0.3, 0.4) is 0 Å². The zero-order valence-corrected chi connectivity index (χ0v) is 14.1. The van der Waals surface area contributed by atoms with Gasteiger partial charge in [0.1, 0.15) is 17.4 Å². The van der Waals surface area contributed by atoms with E-state index in [0.29, 0.717) is 11.6 Å². The van der Waals surface area contributed by atoms with Crippen LogP contribution in [0.25, 0.3) is 11.0 Å². The van der Waals surface area contributed by atoms with Gasteiger partial charge in [-0.25, -0.2) is 18.9 Å². The molecule has 0 amide bonds. The van der Waals surface area contributed by atoms with E-state index in [1.165, 1.54) is 0 Å². The van der Waals surface area contributed by atoms with Crippen LogP contribution in [0.5, 0.6) is 0 Å². The van der Waals surface area contributed by atoms with Crippen molar-refractivity contribution in [2.75, 3.05) is 0 Å². The molecule has 0 bridgehead atoms. The molecule has 0 saturated carbocycles. The SMILES string of the molecule is CC(C)(C)S(=O)NC(c1ncccn1)c1cc2ccccc2o1. The van der Waals surface area contributed by atoms with Crippen LogP contribution in [-0.2, 0) is 11.0 Å². The van der Waals surface area contributed by atoms with Crippen molar-refractivity contribution < 1.29 is 8.63 Å². The molecule has 2 unspecified atom stereocenters. The van der Waals surface area contributed by atoms with E-state index < -0.39 is 21.8 Å². The number of fused-ring (bicyclic) bond motifs is 1. The molecule has 0 saturated heterocycles. The summed E-state index contributed by atoms with van der Waals surface area (Å²) >= 11 is 0. The maximum absolute atomic E-state index is 12.5. The fourth-order valence-corrected chi connectivity index (χ4v) is 2.92. The monoisotopic (exact) mass is 329 g/mol. The molecule has 0 aliphatic carbocycles. The summed E-state index contributed by atoms with van der Waals surface area (Å²) < 4.78 is 21.2. The maximum atomic E-state index is 12.5. The summed E-state index contributed by atoms with van der Waals surface area (Å²) in [6.45, 7) is 5.74. The van der Waals surface area contributed by atoms with Gasteiger partial charge in [-0.3, -0.25) is 0 Å². The molecule has 6 heteroatoms. The molecule has 1 aromatic carbocycles. The zero-order valence-electron chi connectivity index (χ0n) is 13.3. The highest BCUT2D eigenvalue weighted by molar-refractivity contribution is 7.84. The number of nitrogens with one attached hydrogen (secondary N) is 1. The first-order chi connectivity index (χ1) is 10.9. The van der Waals surface area contributed by atoms with Crippen molar-refractivity contribution >= 4 is 22.0 Å². The predicted molar refractivity (Wildman–Crippen MR) is 91.1 cm³/mol. The molecule has 2 atom stereocenters. The standard InChI is InChI=1S/C17H19N3O2S/c1-17(2,3)23(21)20-15(16-18-9-6-10-19-16)14-11-12-7-4-5-8-13(12)22-14/h4-11,15,20H,1-3H3. The number of benzene rings is 1. The summed E-state index contributed by atoms with van der Waals surface area (Å²) in [4.78, 5) is 8.59. The number of hydrogen-bond acceptors (Lipinski definition) is 4. The molecule has 1 N–H and O–H groups in total. The fourth-order valence-electron chi connectivity index (χ4n) is 2.13. The largest absolute Gasteiger partial charge is 0.459 e. The average Bonchev–Trinajstić information content (AvgIpc) is 2.95. The predicted octanol–water partition coefficient (Wildman–Crippen LogP) is 3.36. The fraction of sp³-hybridized carbons (Fsp3) is 0.294. The zero-order chi connectivity index (χ0) is 16.4. The van der Waals surface area contributed by atoms with Gasteiger partial charge in [0.05, 0.1) is 15.7 Å². The molecule has 3 aromatic rings. The molecule has 2 heterocycles. The molecule has 3 rings (SSSR count). The lowest BCUT2D eigenvalue weighted by Crippen LogP contribution is -2.36. The number of hydrogen-bond donors (Lipinski definition) is 1. The number of para-hydroxylation sites is 1. The van der Waals surface area contributed by atoms with Gasteiger partial charge in [0, 0.05) is 17.8 Å². The minimum absolute atomic E-state index is 0.404. The highest BCUT2D eigenvalue weighted by Gasteiger charge is 2.28. The molecule has 0 fully saturated rings. The molecule has 0 spiro atoms. The van der Waals surface area contributed by atoms with Gasteiger partial charge in [-0.2, -0.15) is 0 Å². The second-order valence-electron chi connectivity index (χ2n) is 6.23. The second kappa shape index (κ2) is 6.22. The van der Waals surface area contributed by atoms with E-state index >= 15 is 0 Å². The smallest absolute Gasteiger partial charge is 0.153 e. The molecular formula is C17H19N3O2S. The molecule has 23 heavy (non-hydrogen) atoms. The van der Waals surface area contributed by atoms with Crippen molar-refractivity contribution in [2.45, 2.75) is 31.6 Å². The van der Waals surface area contributed by atoms with Gasteiger partial charge in [-0.1, -0.05) is 18.2 Å². The minimum Gasteiger partial charge on any atom is -0.459 e. The Labute approximate surface area is 137 Å². The molecule has 2 aromatic heterocycles. The molecular weight excluding hydrogens is 310 g/mol. The first-order valence-electron chi connectivity index (χ1n) is 7.38. The maximum Gasteiger partial charge on any atom is 0.153 e. The van der Waals surface area contributed by atoms with Crippen molar-refractivity contribution in [3.63, 3.8) is 0 Å². The lowest BCUT2D eigenvalue weighted by atomic mass is 10.2. The third-order valence-electron chi connectivity index (χ3n) is 3.35. The van der Waals surface area contributed by atoms with E-state index in [1.807, 2.05) is 51.1 Å². The van der Waals surface area contributed by atoms with Crippen LogP contribution < -0.4 is 4.72 Å². The van der Waals surface area contributed by atoms with Crippen LogP contribution >= 0.6 is 0 Å². The Kier molecular flexibility index (Phi) is 4.28. The quantitative estimate of drug-likeness (QED) is 0.797. The Bertz CT molecular complexity index is 791. The van der Waals surface area contributed by atoms with Crippen LogP contribution in [0.1, 0.15) is 38.4 Å². The summed E-state index contributed by atoms with van der Waals surface area (Å²) in [7, 11) is -1.28. The summed E-state index contributed by atoms with van der Waals surface area (Å²) in [5.41, 5.74) is 0.784. The van der Waals surface area contributed by atoms with Gasteiger partial charge in [0.15, 0.2) is 5.82 Å². The Hall–Kier alpha value is -2.05. The molecule has 5 nitrogen and oxygen atoms in total.